The molecule has 132 valence electrons. The van der Waals surface area contributed by atoms with Crippen molar-refractivity contribution in [3.8, 4) is 11.4 Å². The van der Waals surface area contributed by atoms with E-state index in [0.717, 1.165) is 24.0 Å². The minimum atomic E-state index is -0.116. The molecule has 0 unspecified atom stereocenters. The summed E-state index contributed by atoms with van der Waals surface area (Å²) in [7, 11) is 0. The van der Waals surface area contributed by atoms with E-state index in [2.05, 4.69) is 15.5 Å². The monoisotopic (exact) mass is 347 g/mol. The van der Waals surface area contributed by atoms with E-state index in [1.54, 1.807) is 12.1 Å². The number of aryl methyl sites for hydroxylation is 1. The second kappa shape index (κ2) is 7.12. The van der Waals surface area contributed by atoms with Crippen molar-refractivity contribution in [1.29, 1.82) is 0 Å². The molecule has 0 bridgehead atoms. The fourth-order valence-corrected chi connectivity index (χ4v) is 2.96. The molecule has 1 fully saturated rings. The molecule has 0 atom stereocenters. The fourth-order valence-electron chi connectivity index (χ4n) is 2.96. The van der Waals surface area contributed by atoms with Gasteiger partial charge in [0.2, 0.25) is 11.7 Å². The van der Waals surface area contributed by atoms with Gasteiger partial charge in [-0.1, -0.05) is 53.5 Å². The maximum Gasteiger partial charge on any atom is 0.251 e. The maximum absolute atomic E-state index is 12.5. The van der Waals surface area contributed by atoms with Crippen LogP contribution in [0.2, 0.25) is 0 Å². The first-order valence-corrected chi connectivity index (χ1v) is 8.97. The third-order valence-corrected chi connectivity index (χ3v) is 4.85. The summed E-state index contributed by atoms with van der Waals surface area (Å²) in [4.78, 5) is 17.0. The topological polar surface area (TPSA) is 68.0 Å². The number of hydrogen-bond acceptors (Lipinski definition) is 4. The standard InChI is InChI=1S/C21H21N3O2/c1-14-8-10-15(11-9-14)13-22-20(25)18-7-3-6-17(12-18)19-23-21(26-24-19)16-4-2-5-16/h3,6-12,16H,2,4-5,13H2,1H3,(H,22,25). The minimum Gasteiger partial charge on any atom is -0.348 e. The molecular formula is C21H21N3O2. The van der Waals surface area contributed by atoms with E-state index >= 15 is 0 Å². The molecule has 1 heterocycles. The molecular weight excluding hydrogens is 326 g/mol. The molecule has 1 aliphatic carbocycles. The lowest BCUT2D eigenvalue weighted by Gasteiger charge is -2.20. The van der Waals surface area contributed by atoms with E-state index in [1.807, 2.05) is 43.3 Å². The summed E-state index contributed by atoms with van der Waals surface area (Å²) < 4.78 is 5.38. The van der Waals surface area contributed by atoms with Gasteiger partial charge in [0.05, 0.1) is 0 Å². The predicted molar refractivity (Wildman–Crippen MR) is 98.7 cm³/mol. The Morgan fingerprint density at radius 3 is 2.73 bits per heavy atom. The zero-order chi connectivity index (χ0) is 17.9. The lowest BCUT2D eigenvalue weighted by molar-refractivity contribution is 0.0951. The van der Waals surface area contributed by atoms with Crippen LogP contribution < -0.4 is 5.32 Å². The molecule has 1 aromatic heterocycles. The van der Waals surface area contributed by atoms with Crippen LogP contribution in [0, 0.1) is 6.92 Å². The Bertz CT molecular complexity index is 911. The Hall–Kier alpha value is -2.95. The molecule has 0 saturated heterocycles. The zero-order valence-electron chi connectivity index (χ0n) is 14.7. The number of aromatic nitrogens is 2. The van der Waals surface area contributed by atoms with Crippen LogP contribution >= 0.6 is 0 Å². The van der Waals surface area contributed by atoms with Gasteiger partial charge in [-0.25, -0.2) is 0 Å². The van der Waals surface area contributed by atoms with Crippen molar-refractivity contribution in [1.82, 2.24) is 15.5 Å². The fraction of sp³-hybridized carbons (Fsp3) is 0.286. The molecule has 0 aliphatic heterocycles. The summed E-state index contributed by atoms with van der Waals surface area (Å²) in [5.41, 5.74) is 3.66. The van der Waals surface area contributed by atoms with Crippen molar-refractivity contribution >= 4 is 5.91 Å². The number of benzene rings is 2. The lowest BCUT2D eigenvalue weighted by atomic mass is 9.85. The first-order chi connectivity index (χ1) is 12.7. The van der Waals surface area contributed by atoms with E-state index in [9.17, 15) is 4.79 Å². The molecule has 5 nitrogen and oxygen atoms in total. The summed E-state index contributed by atoms with van der Waals surface area (Å²) in [5, 5.41) is 7.03. The summed E-state index contributed by atoms with van der Waals surface area (Å²) in [6.07, 6.45) is 3.45. The number of hydrogen-bond donors (Lipinski definition) is 1. The molecule has 2 aromatic carbocycles. The van der Waals surface area contributed by atoms with Crippen molar-refractivity contribution in [3.63, 3.8) is 0 Å². The van der Waals surface area contributed by atoms with Gasteiger partial charge in [0.15, 0.2) is 0 Å². The average molecular weight is 347 g/mol. The van der Waals surface area contributed by atoms with Crippen LogP contribution in [0.4, 0.5) is 0 Å². The van der Waals surface area contributed by atoms with Gasteiger partial charge in [0.1, 0.15) is 0 Å². The van der Waals surface area contributed by atoms with Crippen LogP contribution in [-0.2, 0) is 6.54 Å². The predicted octanol–water partition coefficient (Wildman–Crippen LogP) is 4.24. The van der Waals surface area contributed by atoms with E-state index in [-0.39, 0.29) is 5.91 Å². The summed E-state index contributed by atoms with van der Waals surface area (Å²) in [5.74, 6) is 1.54. The average Bonchev–Trinajstić information content (AvgIpc) is 3.09. The van der Waals surface area contributed by atoms with Gasteiger partial charge in [-0.3, -0.25) is 4.79 Å². The number of rotatable bonds is 5. The molecule has 3 aromatic rings. The number of amides is 1. The molecule has 1 saturated carbocycles. The molecule has 4 rings (SSSR count). The van der Waals surface area contributed by atoms with Crippen LogP contribution in [-0.4, -0.2) is 16.0 Å². The Morgan fingerprint density at radius 2 is 2.00 bits per heavy atom. The van der Waals surface area contributed by atoms with Gasteiger partial charge >= 0.3 is 0 Å². The normalized spacial score (nSPS) is 14.0. The van der Waals surface area contributed by atoms with Crippen molar-refractivity contribution in [3.05, 3.63) is 71.1 Å². The maximum atomic E-state index is 12.5. The van der Waals surface area contributed by atoms with E-state index in [0.29, 0.717) is 29.7 Å². The van der Waals surface area contributed by atoms with E-state index < -0.39 is 0 Å². The van der Waals surface area contributed by atoms with Gasteiger partial charge in [0, 0.05) is 23.6 Å². The number of nitrogens with zero attached hydrogens (tertiary/aromatic N) is 2. The molecule has 0 radical (unpaired) electrons. The Kier molecular flexibility index (Phi) is 4.52. The molecule has 0 spiro atoms. The largest absolute Gasteiger partial charge is 0.348 e. The van der Waals surface area contributed by atoms with Crippen molar-refractivity contribution < 1.29 is 9.32 Å². The van der Waals surface area contributed by atoms with Crippen LogP contribution in [0.3, 0.4) is 0 Å². The zero-order valence-corrected chi connectivity index (χ0v) is 14.7. The Morgan fingerprint density at radius 1 is 1.19 bits per heavy atom. The highest BCUT2D eigenvalue weighted by atomic mass is 16.5. The second-order valence-corrected chi connectivity index (χ2v) is 6.83. The summed E-state index contributed by atoms with van der Waals surface area (Å²) in [6, 6.07) is 15.5. The molecule has 1 N–H and O–H groups in total. The third-order valence-electron chi connectivity index (χ3n) is 4.85. The Labute approximate surface area is 152 Å². The van der Waals surface area contributed by atoms with Gasteiger partial charge in [-0.05, 0) is 37.5 Å². The van der Waals surface area contributed by atoms with E-state index in [1.165, 1.54) is 12.0 Å². The smallest absolute Gasteiger partial charge is 0.251 e. The lowest BCUT2D eigenvalue weighted by Crippen LogP contribution is -2.22. The van der Waals surface area contributed by atoms with Gasteiger partial charge < -0.3 is 9.84 Å². The van der Waals surface area contributed by atoms with Crippen LogP contribution in [0.5, 0.6) is 0 Å². The van der Waals surface area contributed by atoms with Gasteiger partial charge in [-0.15, -0.1) is 0 Å². The van der Waals surface area contributed by atoms with E-state index in [4.69, 9.17) is 4.52 Å². The summed E-state index contributed by atoms with van der Waals surface area (Å²) in [6.45, 7) is 2.54. The number of carbonyl (C=O) groups excluding carboxylic acids is 1. The molecule has 1 amide bonds. The highest BCUT2D eigenvalue weighted by molar-refractivity contribution is 5.95. The first-order valence-electron chi connectivity index (χ1n) is 8.97. The van der Waals surface area contributed by atoms with Crippen LogP contribution in [0.25, 0.3) is 11.4 Å². The second-order valence-electron chi connectivity index (χ2n) is 6.83. The molecule has 1 aliphatic rings. The number of nitrogens with one attached hydrogen (secondary N) is 1. The summed E-state index contributed by atoms with van der Waals surface area (Å²) >= 11 is 0. The van der Waals surface area contributed by atoms with Crippen molar-refractivity contribution in [2.24, 2.45) is 0 Å². The SMILES string of the molecule is Cc1ccc(CNC(=O)c2cccc(-c3noc(C4CCC4)n3)c2)cc1. The van der Waals surface area contributed by atoms with Gasteiger partial charge in [0.25, 0.3) is 5.91 Å². The minimum absolute atomic E-state index is 0.116. The molecule has 26 heavy (non-hydrogen) atoms. The quantitative estimate of drug-likeness (QED) is 0.749. The third kappa shape index (κ3) is 3.52. The highest BCUT2D eigenvalue weighted by Crippen LogP contribution is 2.36. The van der Waals surface area contributed by atoms with Crippen molar-refractivity contribution in [2.75, 3.05) is 0 Å². The first kappa shape index (κ1) is 16.5. The van der Waals surface area contributed by atoms with Crippen molar-refractivity contribution in [2.45, 2.75) is 38.6 Å². The van der Waals surface area contributed by atoms with Crippen LogP contribution in [0.1, 0.15) is 52.6 Å². The van der Waals surface area contributed by atoms with Crippen LogP contribution in [0.15, 0.2) is 53.1 Å². The van der Waals surface area contributed by atoms with Gasteiger partial charge in [-0.2, -0.15) is 4.98 Å². The Balaban J connectivity index is 1.45. The number of carbonyl (C=O) groups is 1. The highest BCUT2D eigenvalue weighted by Gasteiger charge is 2.25. The molecule has 5 heteroatoms.